The van der Waals surface area contributed by atoms with E-state index in [2.05, 4.69) is 10.3 Å². The number of nitrogens with zero attached hydrogens (tertiary/aromatic N) is 1. The summed E-state index contributed by atoms with van der Waals surface area (Å²) in [5.41, 5.74) is 0.0211. The first-order valence-electron chi connectivity index (χ1n) is 5.73. The molecule has 0 aliphatic rings. The summed E-state index contributed by atoms with van der Waals surface area (Å²) in [6.45, 7) is 1.94. The summed E-state index contributed by atoms with van der Waals surface area (Å²) >= 11 is 0. The van der Waals surface area contributed by atoms with E-state index in [0.29, 0.717) is 12.8 Å². The van der Waals surface area contributed by atoms with E-state index in [1.54, 1.807) is 0 Å². The highest BCUT2D eigenvalue weighted by Crippen LogP contribution is 2.14. The molecule has 0 aromatic carbocycles. The minimum atomic E-state index is -1.08. The van der Waals surface area contributed by atoms with E-state index >= 15 is 0 Å². The molecule has 0 fully saturated rings. The molecule has 98 valence electrons. The van der Waals surface area contributed by atoms with Crippen LogP contribution in [0, 0.1) is 0 Å². The fraction of sp³-hybridized carbons (Fsp3) is 0.417. The number of carbonyl (C=O) groups is 2. The Labute approximate surface area is 105 Å². The second-order valence-electron chi connectivity index (χ2n) is 3.90. The number of hydrogen-bond acceptors (Lipinski definition) is 4. The zero-order valence-corrected chi connectivity index (χ0v) is 10.1. The lowest BCUT2D eigenvalue weighted by atomic mass is 10.1. The van der Waals surface area contributed by atoms with Gasteiger partial charge in [0.2, 0.25) is 0 Å². The van der Waals surface area contributed by atoms with Crippen LogP contribution < -0.4 is 5.32 Å². The van der Waals surface area contributed by atoms with Crippen LogP contribution in [0.1, 0.15) is 36.5 Å². The number of unbranched alkanes of at least 4 members (excludes halogenated alkanes) is 1. The molecule has 6 heteroatoms. The van der Waals surface area contributed by atoms with E-state index < -0.39 is 17.9 Å². The molecule has 0 saturated heterocycles. The van der Waals surface area contributed by atoms with Crippen molar-refractivity contribution in [3.63, 3.8) is 0 Å². The molecule has 0 saturated carbocycles. The average molecular weight is 252 g/mol. The van der Waals surface area contributed by atoms with E-state index in [9.17, 15) is 14.7 Å². The van der Waals surface area contributed by atoms with Gasteiger partial charge < -0.3 is 15.5 Å². The van der Waals surface area contributed by atoms with Crippen LogP contribution in [0.4, 0.5) is 0 Å². The highest BCUT2D eigenvalue weighted by atomic mass is 16.4. The van der Waals surface area contributed by atoms with Crippen molar-refractivity contribution in [3.05, 3.63) is 24.0 Å². The number of amides is 1. The largest absolute Gasteiger partial charge is 0.505 e. The van der Waals surface area contributed by atoms with Crippen molar-refractivity contribution < 1.29 is 19.8 Å². The molecule has 1 aromatic rings. The third kappa shape index (κ3) is 3.73. The van der Waals surface area contributed by atoms with Crippen LogP contribution in [-0.2, 0) is 4.79 Å². The number of aromatic hydroxyl groups is 1. The Bertz CT molecular complexity index is 434. The van der Waals surface area contributed by atoms with Gasteiger partial charge in [-0.05, 0) is 12.5 Å². The maximum absolute atomic E-state index is 11.8. The molecule has 1 heterocycles. The molecule has 18 heavy (non-hydrogen) atoms. The molecule has 0 radical (unpaired) electrons. The van der Waals surface area contributed by atoms with E-state index in [1.165, 1.54) is 12.3 Å². The fourth-order valence-corrected chi connectivity index (χ4v) is 1.48. The van der Waals surface area contributed by atoms with Crippen molar-refractivity contribution in [3.8, 4) is 5.75 Å². The van der Waals surface area contributed by atoms with Gasteiger partial charge in [-0.15, -0.1) is 0 Å². The Hall–Kier alpha value is -2.11. The van der Waals surface area contributed by atoms with Crippen molar-refractivity contribution in [2.75, 3.05) is 0 Å². The number of nitrogens with one attached hydrogen (secondary N) is 1. The minimum Gasteiger partial charge on any atom is -0.505 e. The highest BCUT2D eigenvalue weighted by molar-refractivity contribution is 5.98. The molecule has 1 rings (SSSR count). The van der Waals surface area contributed by atoms with Crippen LogP contribution in [0.5, 0.6) is 5.75 Å². The third-order valence-corrected chi connectivity index (χ3v) is 2.49. The predicted molar refractivity (Wildman–Crippen MR) is 64.3 cm³/mol. The van der Waals surface area contributed by atoms with Gasteiger partial charge in [-0.2, -0.15) is 0 Å². The summed E-state index contributed by atoms with van der Waals surface area (Å²) in [6.07, 6.45) is 4.41. The lowest BCUT2D eigenvalue weighted by Crippen LogP contribution is -2.40. The predicted octanol–water partition coefficient (Wildman–Crippen LogP) is 1.16. The molecule has 0 spiro atoms. The van der Waals surface area contributed by atoms with Crippen molar-refractivity contribution in [2.24, 2.45) is 0 Å². The Morgan fingerprint density at radius 2 is 2.22 bits per heavy atom. The number of aromatic nitrogens is 1. The van der Waals surface area contributed by atoms with Crippen LogP contribution in [0.2, 0.25) is 0 Å². The van der Waals surface area contributed by atoms with Crippen molar-refractivity contribution in [1.29, 1.82) is 0 Å². The SMILES string of the molecule is CCCC[C@H](NC(=O)c1ccncc1O)C(=O)O. The minimum absolute atomic E-state index is 0.0211. The van der Waals surface area contributed by atoms with Gasteiger partial charge in [0.15, 0.2) is 0 Å². The number of pyridine rings is 1. The van der Waals surface area contributed by atoms with Crippen LogP contribution in [0.15, 0.2) is 18.5 Å². The summed E-state index contributed by atoms with van der Waals surface area (Å²) in [7, 11) is 0. The molecule has 3 N–H and O–H groups in total. The first kappa shape index (κ1) is 14.0. The molecule has 0 bridgehead atoms. The highest BCUT2D eigenvalue weighted by Gasteiger charge is 2.21. The van der Waals surface area contributed by atoms with Crippen molar-refractivity contribution in [1.82, 2.24) is 10.3 Å². The van der Waals surface area contributed by atoms with Crippen LogP contribution in [-0.4, -0.2) is 33.1 Å². The van der Waals surface area contributed by atoms with Gasteiger partial charge in [-0.3, -0.25) is 9.78 Å². The number of carboxylic acids is 1. The van der Waals surface area contributed by atoms with E-state index in [-0.39, 0.29) is 11.3 Å². The smallest absolute Gasteiger partial charge is 0.326 e. The van der Waals surface area contributed by atoms with Crippen LogP contribution in [0.25, 0.3) is 0 Å². The molecule has 1 aromatic heterocycles. The Balaban J connectivity index is 2.72. The second kappa shape index (κ2) is 6.58. The molecule has 0 aliphatic carbocycles. The average Bonchev–Trinajstić information content (AvgIpc) is 2.34. The molecule has 1 amide bonds. The number of hydrogen-bond donors (Lipinski definition) is 3. The van der Waals surface area contributed by atoms with Gasteiger partial charge in [0.05, 0.1) is 11.8 Å². The molecule has 0 unspecified atom stereocenters. The second-order valence-corrected chi connectivity index (χ2v) is 3.90. The Morgan fingerprint density at radius 1 is 1.50 bits per heavy atom. The van der Waals surface area contributed by atoms with Crippen molar-refractivity contribution in [2.45, 2.75) is 32.2 Å². The molecule has 6 nitrogen and oxygen atoms in total. The number of carbonyl (C=O) groups excluding carboxylic acids is 1. The molecule has 0 aliphatic heterocycles. The summed E-state index contributed by atoms with van der Waals surface area (Å²) in [4.78, 5) is 26.4. The summed E-state index contributed by atoms with van der Waals surface area (Å²) in [5, 5.41) is 20.8. The normalized spacial score (nSPS) is 11.8. The van der Waals surface area contributed by atoms with Gasteiger partial charge >= 0.3 is 5.97 Å². The molecular formula is C12H16N2O4. The van der Waals surface area contributed by atoms with Gasteiger partial charge in [-0.25, -0.2) is 4.79 Å². The van der Waals surface area contributed by atoms with Crippen LogP contribution in [0.3, 0.4) is 0 Å². The van der Waals surface area contributed by atoms with E-state index in [0.717, 1.165) is 12.6 Å². The van der Waals surface area contributed by atoms with Crippen LogP contribution >= 0.6 is 0 Å². The zero-order chi connectivity index (χ0) is 13.5. The topological polar surface area (TPSA) is 99.5 Å². The monoisotopic (exact) mass is 252 g/mol. The summed E-state index contributed by atoms with van der Waals surface area (Å²) < 4.78 is 0. The maximum atomic E-state index is 11.8. The Morgan fingerprint density at radius 3 is 2.78 bits per heavy atom. The number of aliphatic carboxylic acids is 1. The molecular weight excluding hydrogens is 236 g/mol. The Kier molecular flexibility index (Phi) is 5.10. The first-order chi connectivity index (χ1) is 8.56. The zero-order valence-electron chi connectivity index (χ0n) is 10.1. The van der Waals surface area contributed by atoms with Gasteiger partial charge in [0.25, 0.3) is 5.91 Å². The lowest BCUT2D eigenvalue weighted by molar-refractivity contribution is -0.139. The number of rotatable bonds is 6. The summed E-state index contributed by atoms with van der Waals surface area (Å²) in [6, 6.07) is 0.397. The fourth-order valence-electron chi connectivity index (χ4n) is 1.48. The van der Waals surface area contributed by atoms with Crippen molar-refractivity contribution >= 4 is 11.9 Å². The molecule has 1 atom stereocenters. The van der Waals surface area contributed by atoms with Gasteiger partial charge in [0.1, 0.15) is 11.8 Å². The quantitative estimate of drug-likeness (QED) is 0.705. The van der Waals surface area contributed by atoms with E-state index in [1.807, 2.05) is 6.92 Å². The number of carboxylic acid groups (broad SMARTS) is 1. The van der Waals surface area contributed by atoms with Gasteiger partial charge in [-0.1, -0.05) is 19.8 Å². The standard InChI is InChI=1S/C12H16N2O4/c1-2-3-4-9(12(17)18)14-11(16)8-5-6-13-7-10(8)15/h5-7,9,15H,2-4H2,1H3,(H,14,16)(H,17,18)/t9-/m0/s1. The maximum Gasteiger partial charge on any atom is 0.326 e. The van der Waals surface area contributed by atoms with Gasteiger partial charge in [0, 0.05) is 6.20 Å². The van der Waals surface area contributed by atoms with E-state index in [4.69, 9.17) is 5.11 Å². The summed E-state index contributed by atoms with van der Waals surface area (Å²) in [5.74, 6) is -1.96. The lowest BCUT2D eigenvalue weighted by Gasteiger charge is -2.14. The first-order valence-corrected chi connectivity index (χ1v) is 5.73. The third-order valence-electron chi connectivity index (χ3n) is 2.49.